The number of benzene rings is 1. The van der Waals surface area contributed by atoms with Gasteiger partial charge in [-0.25, -0.2) is 0 Å². The van der Waals surface area contributed by atoms with Gasteiger partial charge in [-0.05, 0) is 44.0 Å². The Morgan fingerprint density at radius 2 is 2.23 bits per heavy atom. The summed E-state index contributed by atoms with van der Waals surface area (Å²) in [5.41, 5.74) is 1.39. The second-order valence-corrected chi connectivity index (χ2v) is 7.19. The van der Waals surface area contributed by atoms with Crippen LogP contribution in [0.2, 0.25) is 0 Å². The Bertz CT molecular complexity index is 702. The van der Waals surface area contributed by atoms with E-state index in [2.05, 4.69) is 4.90 Å². The number of ether oxygens (including phenoxy) is 1. The van der Waals surface area contributed by atoms with Crippen molar-refractivity contribution in [3.05, 3.63) is 23.3 Å². The molecule has 2 heterocycles. The Labute approximate surface area is 128 Å². The van der Waals surface area contributed by atoms with E-state index in [1.54, 1.807) is 12.1 Å². The SMILES string of the molecule is CN1CC[C@]23c4c5ccc(O)c4O[C@H]2C(=O)CC[C@H]3[C@@H]1C5O. The minimum absolute atomic E-state index is 0.0240. The number of piperidine rings is 1. The molecule has 1 saturated heterocycles. The number of nitrogens with zero attached hydrogens (tertiary/aromatic N) is 1. The number of Topliss-reactive ketones (excluding diaryl/α,β-unsaturated/α-hetero) is 1. The van der Waals surface area contributed by atoms with Crippen LogP contribution in [0.4, 0.5) is 0 Å². The second-order valence-electron chi connectivity index (χ2n) is 7.19. The number of ketones is 1. The fourth-order valence-electron chi connectivity index (χ4n) is 5.59. The summed E-state index contributed by atoms with van der Waals surface area (Å²) in [6.07, 6.45) is 1.06. The summed E-state index contributed by atoms with van der Waals surface area (Å²) in [4.78, 5) is 14.7. The van der Waals surface area contributed by atoms with E-state index in [-0.39, 0.29) is 28.9 Å². The summed E-state index contributed by atoms with van der Waals surface area (Å²) in [6.45, 7) is 0.833. The maximum Gasteiger partial charge on any atom is 0.174 e. The summed E-state index contributed by atoms with van der Waals surface area (Å²) in [5, 5.41) is 21.1. The first kappa shape index (κ1) is 12.9. The zero-order valence-electron chi connectivity index (χ0n) is 12.5. The molecular weight excluding hydrogens is 282 g/mol. The van der Waals surface area contributed by atoms with Crippen molar-refractivity contribution in [1.82, 2.24) is 4.90 Å². The Morgan fingerprint density at radius 1 is 1.41 bits per heavy atom. The highest BCUT2D eigenvalue weighted by molar-refractivity contribution is 5.89. The summed E-state index contributed by atoms with van der Waals surface area (Å²) in [5.74, 6) is 0.862. The van der Waals surface area contributed by atoms with Crippen LogP contribution in [0.1, 0.15) is 36.5 Å². The van der Waals surface area contributed by atoms with Crippen LogP contribution in [0.3, 0.4) is 0 Å². The zero-order valence-corrected chi connectivity index (χ0v) is 12.5. The van der Waals surface area contributed by atoms with E-state index < -0.39 is 12.2 Å². The highest BCUT2D eigenvalue weighted by atomic mass is 16.5. The van der Waals surface area contributed by atoms with Crippen LogP contribution >= 0.6 is 0 Å². The molecule has 1 spiro atoms. The van der Waals surface area contributed by atoms with E-state index in [0.29, 0.717) is 12.2 Å². The van der Waals surface area contributed by atoms with Crippen LogP contribution in [0, 0.1) is 5.92 Å². The molecule has 5 nitrogen and oxygen atoms in total. The molecular formula is C17H19NO4. The van der Waals surface area contributed by atoms with Gasteiger partial charge in [0.25, 0.3) is 0 Å². The average Bonchev–Trinajstić information content (AvgIpc) is 2.85. The molecule has 0 amide bonds. The van der Waals surface area contributed by atoms with Gasteiger partial charge in [-0.15, -0.1) is 0 Å². The standard InChI is InChI=1S/C17H19NO4/c1-18-7-6-17-9-3-5-11(20)16(17)22-15-10(19)4-2-8(12(15)17)14(21)13(9)18/h2,4,9,13-14,16,19,21H,3,5-7H2,1H3/t9-,13+,14?,16-,17-/m0/s1. The summed E-state index contributed by atoms with van der Waals surface area (Å²) < 4.78 is 5.98. The highest BCUT2D eigenvalue weighted by Crippen LogP contribution is 2.64. The van der Waals surface area contributed by atoms with E-state index in [1.807, 2.05) is 7.05 Å². The lowest BCUT2D eigenvalue weighted by Gasteiger charge is -2.58. The predicted octanol–water partition coefficient (Wildman–Crippen LogP) is 1.12. The number of hydrogen-bond donors (Lipinski definition) is 2. The molecule has 5 heteroatoms. The van der Waals surface area contributed by atoms with Crippen molar-refractivity contribution in [1.29, 1.82) is 0 Å². The molecule has 0 aromatic heterocycles. The van der Waals surface area contributed by atoms with E-state index in [1.165, 1.54) is 0 Å². The molecule has 1 unspecified atom stereocenters. The average molecular weight is 301 g/mol. The van der Waals surface area contributed by atoms with E-state index in [4.69, 9.17) is 4.74 Å². The van der Waals surface area contributed by atoms with Crippen LogP contribution in [0.25, 0.3) is 0 Å². The van der Waals surface area contributed by atoms with Gasteiger partial charge in [0, 0.05) is 23.4 Å². The minimum atomic E-state index is -0.590. The third-order valence-electron chi connectivity index (χ3n) is 6.44. The normalized spacial score (nSPS) is 42.0. The smallest absolute Gasteiger partial charge is 0.174 e. The van der Waals surface area contributed by atoms with Gasteiger partial charge in [-0.1, -0.05) is 6.07 Å². The Morgan fingerprint density at radius 3 is 3.05 bits per heavy atom. The number of likely N-dealkylation sites (N-methyl/N-ethyl adjacent to an activating group) is 1. The van der Waals surface area contributed by atoms with Crippen molar-refractivity contribution in [3.63, 3.8) is 0 Å². The van der Waals surface area contributed by atoms with Gasteiger partial charge in [0.1, 0.15) is 0 Å². The number of phenolic OH excluding ortho intramolecular Hbond substituents is 1. The number of aliphatic hydroxyl groups excluding tert-OH is 1. The molecule has 2 aliphatic heterocycles. The molecule has 4 aliphatic rings. The molecule has 1 saturated carbocycles. The molecule has 2 N–H and O–H groups in total. The Balaban J connectivity index is 1.86. The van der Waals surface area contributed by atoms with Gasteiger partial charge in [-0.3, -0.25) is 4.79 Å². The minimum Gasteiger partial charge on any atom is -0.504 e. The molecule has 2 fully saturated rings. The number of carbonyl (C=O) groups is 1. The van der Waals surface area contributed by atoms with Crippen LogP contribution in [-0.2, 0) is 10.2 Å². The molecule has 0 radical (unpaired) electrons. The second kappa shape index (κ2) is 3.84. The highest BCUT2D eigenvalue weighted by Gasteiger charge is 2.67. The first-order chi connectivity index (χ1) is 10.6. The molecule has 1 aromatic rings. The van der Waals surface area contributed by atoms with Gasteiger partial charge < -0.3 is 19.8 Å². The van der Waals surface area contributed by atoms with Crippen LogP contribution in [-0.4, -0.2) is 46.6 Å². The number of hydrogen-bond acceptors (Lipinski definition) is 5. The lowest BCUT2D eigenvalue weighted by Crippen LogP contribution is -2.66. The van der Waals surface area contributed by atoms with Crippen LogP contribution < -0.4 is 4.74 Å². The lowest BCUT2D eigenvalue weighted by molar-refractivity contribution is -0.143. The van der Waals surface area contributed by atoms with E-state index in [9.17, 15) is 15.0 Å². The van der Waals surface area contributed by atoms with Gasteiger partial charge in [0.05, 0.1) is 6.10 Å². The van der Waals surface area contributed by atoms with Crippen molar-refractivity contribution < 1.29 is 19.7 Å². The molecule has 2 aliphatic carbocycles. The topological polar surface area (TPSA) is 70.0 Å². The van der Waals surface area contributed by atoms with Crippen molar-refractivity contribution >= 4 is 5.78 Å². The fraction of sp³-hybridized carbons (Fsp3) is 0.588. The first-order valence-electron chi connectivity index (χ1n) is 7.99. The Hall–Kier alpha value is -1.59. The third kappa shape index (κ3) is 1.19. The van der Waals surface area contributed by atoms with Crippen LogP contribution in [0.15, 0.2) is 12.1 Å². The molecule has 2 bridgehead atoms. The summed E-state index contributed by atoms with van der Waals surface area (Å²) in [6, 6.07) is 3.40. The number of phenols is 1. The van der Waals surface area contributed by atoms with Crippen molar-refractivity contribution in [3.8, 4) is 11.5 Å². The first-order valence-corrected chi connectivity index (χ1v) is 7.99. The van der Waals surface area contributed by atoms with Crippen molar-refractivity contribution in [2.45, 2.75) is 42.9 Å². The maximum absolute atomic E-state index is 12.5. The number of likely N-dealkylation sites (tertiary alicyclic amines) is 1. The number of carbonyl (C=O) groups excluding carboxylic acids is 1. The fourth-order valence-corrected chi connectivity index (χ4v) is 5.59. The molecule has 5 atom stereocenters. The van der Waals surface area contributed by atoms with E-state index >= 15 is 0 Å². The maximum atomic E-state index is 12.5. The number of rotatable bonds is 0. The number of aliphatic hydroxyl groups is 1. The Kier molecular flexibility index (Phi) is 2.25. The lowest BCUT2D eigenvalue weighted by atomic mass is 9.51. The largest absolute Gasteiger partial charge is 0.504 e. The van der Waals surface area contributed by atoms with E-state index in [0.717, 1.165) is 30.5 Å². The van der Waals surface area contributed by atoms with Crippen molar-refractivity contribution in [2.24, 2.45) is 5.92 Å². The molecule has 22 heavy (non-hydrogen) atoms. The van der Waals surface area contributed by atoms with Gasteiger partial charge >= 0.3 is 0 Å². The third-order valence-corrected chi connectivity index (χ3v) is 6.44. The predicted molar refractivity (Wildman–Crippen MR) is 77.9 cm³/mol. The quantitative estimate of drug-likeness (QED) is 0.751. The number of aromatic hydroxyl groups is 1. The molecule has 1 aromatic carbocycles. The van der Waals surface area contributed by atoms with Crippen molar-refractivity contribution in [2.75, 3.05) is 13.6 Å². The van der Waals surface area contributed by atoms with Gasteiger partial charge in [0.15, 0.2) is 23.4 Å². The zero-order chi connectivity index (χ0) is 15.2. The van der Waals surface area contributed by atoms with Gasteiger partial charge in [-0.2, -0.15) is 0 Å². The van der Waals surface area contributed by atoms with Gasteiger partial charge in [0.2, 0.25) is 0 Å². The monoisotopic (exact) mass is 301 g/mol. The van der Waals surface area contributed by atoms with Crippen LogP contribution in [0.5, 0.6) is 11.5 Å². The summed E-state index contributed by atoms with van der Waals surface area (Å²) >= 11 is 0. The molecule has 116 valence electrons. The summed E-state index contributed by atoms with van der Waals surface area (Å²) in [7, 11) is 2.05. The molecule has 5 rings (SSSR count).